The molecule has 0 aliphatic carbocycles. The molecule has 0 fully saturated rings. The summed E-state index contributed by atoms with van der Waals surface area (Å²) in [4.78, 5) is 14.8. The van der Waals surface area contributed by atoms with Crippen molar-refractivity contribution in [3.8, 4) is 11.4 Å². The summed E-state index contributed by atoms with van der Waals surface area (Å²) in [5.74, 6) is -0.648. The minimum absolute atomic E-state index is 0.0748. The standard InChI is InChI=1S/C27H24ClF2N3O5S2/c1-27(2,17-5-11-21(28)23(12-17)38-3)24-14-31-25(33(24)19-8-6-18(29)7-9-19)39-15-16-4-10-20(13-22(16)30)40(36,37)32-26(34)35/h4-14,32H,15H2,1-3H3,(H,34,35). The lowest BCUT2D eigenvalue weighted by Gasteiger charge is -2.28. The van der Waals surface area contributed by atoms with Crippen LogP contribution in [0.3, 0.4) is 0 Å². The molecule has 0 radical (unpaired) electrons. The number of nitrogens with one attached hydrogen (secondary N) is 1. The Morgan fingerprint density at radius 1 is 1.12 bits per heavy atom. The summed E-state index contributed by atoms with van der Waals surface area (Å²) >= 11 is 7.43. The lowest BCUT2D eigenvalue weighted by molar-refractivity contribution is 0.201. The summed E-state index contributed by atoms with van der Waals surface area (Å²) in [5, 5.41) is 9.67. The Kier molecular flexibility index (Phi) is 8.43. The van der Waals surface area contributed by atoms with Gasteiger partial charge in [-0.15, -0.1) is 0 Å². The van der Waals surface area contributed by atoms with Crippen molar-refractivity contribution in [1.29, 1.82) is 0 Å². The van der Waals surface area contributed by atoms with Crippen LogP contribution < -0.4 is 9.46 Å². The quantitative estimate of drug-likeness (QED) is 0.212. The molecule has 3 aromatic carbocycles. The smallest absolute Gasteiger partial charge is 0.418 e. The fraction of sp³-hybridized carbons (Fsp3) is 0.185. The largest absolute Gasteiger partial charge is 0.495 e. The Morgan fingerprint density at radius 2 is 1.82 bits per heavy atom. The van der Waals surface area contributed by atoms with E-state index < -0.39 is 38.1 Å². The van der Waals surface area contributed by atoms with Crippen LogP contribution in [0.2, 0.25) is 5.02 Å². The first-order chi connectivity index (χ1) is 18.8. The summed E-state index contributed by atoms with van der Waals surface area (Å²) in [6.07, 6.45) is -0.0837. The van der Waals surface area contributed by atoms with E-state index in [1.807, 2.05) is 30.5 Å². The number of hydrogen-bond donors (Lipinski definition) is 2. The van der Waals surface area contributed by atoms with Gasteiger partial charge in [-0.1, -0.05) is 49.3 Å². The zero-order valence-corrected chi connectivity index (χ0v) is 23.9. The molecule has 210 valence electrons. The average Bonchev–Trinajstić information content (AvgIpc) is 3.32. The summed E-state index contributed by atoms with van der Waals surface area (Å²) in [6, 6.07) is 14.5. The predicted octanol–water partition coefficient (Wildman–Crippen LogP) is 6.39. The van der Waals surface area contributed by atoms with Gasteiger partial charge >= 0.3 is 6.09 Å². The van der Waals surface area contributed by atoms with E-state index in [0.717, 1.165) is 23.4 Å². The highest BCUT2D eigenvalue weighted by atomic mass is 35.5. The fourth-order valence-electron chi connectivity index (χ4n) is 4.04. The summed E-state index contributed by atoms with van der Waals surface area (Å²) < 4.78 is 61.4. The third-order valence-electron chi connectivity index (χ3n) is 6.24. The zero-order valence-electron chi connectivity index (χ0n) is 21.5. The van der Waals surface area contributed by atoms with E-state index in [2.05, 4.69) is 4.98 Å². The van der Waals surface area contributed by atoms with Gasteiger partial charge < -0.3 is 9.84 Å². The Labute approximate surface area is 239 Å². The number of amides is 1. The third kappa shape index (κ3) is 6.08. The van der Waals surface area contributed by atoms with Crippen LogP contribution in [0.25, 0.3) is 5.69 Å². The van der Waals surface area contributed by atoms with Gasteiger partial charge in [-0.25, -0.2) is 31.7 Å². The SMILES string of the molecule is COc1cc(C(C)(C)c2cnc(SCc3ccc(S(=O)(=O)NC(=O)O)cc3F)n2-c2ccc(F)cc2)ccc1Cl. The molecule has 0 atom stereocenters. The van der Waals surface area contributed by atoms with Crippen molar-refractivity contribution in [1.82, 2.24) is 14.3 Å². The number of carboxylic acid groups (broad SMARTS) is 1. The molecule has 4 aromatic rings. The minimum atomic E-state index is -4.42. The second kappa shape index (κ2) is 11.5. The van der Waals surface area contributed by atoms with Gasteiger partial charge in [0.05, 0.1) is 28.9 Å². The maximum atomic E-state index is 14.9. The monoisotopic (exact) mass is 607 g/mol. The van der Waals surface area contributed by atoms with Crippen LogP contribution in [0, 0.1) is 11.6 Å². The number of thioether (sulfide) groups is 1. The van der Waals surface area contributed by atoms with Crippen LogP contribution in [0.1, 0.15) is 30.7 Å². The Balaban J connectivity index is 1.71. The molecular weight excluding hydrogens is 584 g/mol. The van der Waals surface area contributed by atoms with Gasteiger partial charge in [0.15, 0.2) is 5.16 Å². The first-order valence-corrected chi connectivity index (χ1v) is 14.5. The van der Waals surface area contributed by atoms with Crippen LogP contribution in [0.5, 0.6) is 5.75 Å². The molecule has 0 spiro atoms. The second-order valence-corrected chi connectivity index (χ2v) is 12.2. The highest BCUT2D eigenvalue weighted by Crippen LogP contribution is 2.39. The molecule has 0 bridgehead atoms. The summed E-state index contributed by atoms with van der Waals surface area (Å²) in [7, 11) is -2.89. The fourth-order valence-corrected chi connectivity index (χ4v) is 6.07. The molecule has 40 heavy (non-hydrogen) atoms. The van der Waals surface area contributed by atoms with Crippen molar-refractivity contribution in [3.63, 3.8) is 0 Å². The lowest BCUT2D eigenvalue weighted by atomic mass is 9.81. The van der Waals surface area contributed by atoms with E-state index in [1.54, 1.807) is 24.4 Å². The molecule has 0 saturated carbocycles. The molecule has 1 amide bonds. The van der Waals surface area contributed by atoms with Gasteiger partial charge in [0.25, 0.3) is 10.0 Å². The number of aromatic nitrogens is 2. The number of ether oxygens (including phenoxy) is 1. The highest BCUT2D eigenvalue weighted by Gasteiger charge is 2.30. The van der Waals surface area contributed by atoms with Crippen molar-refractivity contribution < 1.29 is 31.8 Å². The average molecular weight is 608 g/mol. The van der Waals surface area contributed by atoms with Crippen LogP contribution in [0.4, 0.5) is 13.6 Å². The normalized spacial score (nSPS) is 11.8. The van der Waals surface area contributed by atoms with E-state index in [0.29, 0.717) is 21.6 Å². The molecule has 0 aliphatic rings. The van der Waals surface area contributed by atoms with Crippen molar-refractivity contribution in [2.45, 2.75) is 35.1 Å². The molecule has 0 unspecified atom stereocenters. The van der Waals surface area contributed by atoms with Crippen LogP contribution >= 0.6 is 23.4 Å². The van der Waals surface area contributed by atoms with E-state index in [-0.39, 0.29) is 11.3 Å². The first-order valence-electron chi connectivity index (χ1n) is 11.7. The van der Waals surface area contributed by atoms with E-state index in [9.17, 15) is 22.0 Å². The van der Waals surface area contributed by atoms with E-state index >= 15 is 0 Å². The zero-order chi connectivity index (χ0) is 29.2. The van der Waals surface area contributed by atoms with Gasteiger partial charge in [-0.05, 0) is 59.7 Å². The van der Waals surface area contributed by atoms with E-state index in [1.165, 1.54) is 41.8 Å². The topological polar surface area (TPSA) is 111 Å². The van der Waals surface area contributed by atoms with Crippen molar-refractivity contribution in [2.75, 3.05) is 7.11 Å². The number of rotatable bonds is 9. The number of sulfonamides is 1. The van der Waals surface area contributed by atoms with Gasteiger partial charge in [0.2, 0.25) is 0 Å². The Hall–Kier alpha value is -3.61. The van der Waals surface area contributed by atoms with Crippen LogP contribution in [0.15, 0.2) is 76.9 Å². The Bertz CT molecular complexity index is 1680. The number of methoxy groups -OCH3 is 1. The number of imidazole rings is 1. The summed E-state index contributed by atoms with van der Waals surface area (Å²) in [6.45, 7) is 3.98. The Morgan fingerprint density at radius 3 is 2.45 bits per heavy atom. The van der Waals surface area contributed by atoms with E-state index in [4.69, 9.17) is 21.4 Å². The lowest BCUT2D eigenvalue weighted by Crippen LogP contribution is -2.28. The molecule has 0 saturated heterocycles. The molecule has 4 rings (SSSR count). The molecule has 2 N–H and O–H groups in total. The highest BCUT2D eigenvalue weighted by molar-refractivity contribution is 7.98. The molecule has 13 heteroatoms. The molecule has 0 aliphatic heterocycles. The predicted molar refractivity (Wildman–Crippen MR) is 148 cm³/mol. The van der Waals surface area contributed by atoms with Gasteiger partial charge in [0, 0.05) is 16.9 Å². The van der Waals surface area contributed by atoms with Crippen molar-refractivity contribution in [3.05, 3.63) is 100 Å². The second-order valence-electron chi connectivity index (χ2n) is 9.16. The molecular formula is C27H24ClF2N3O5S2. The van der Waals surface area contributed by atoms with Crippen molar-refractivity contribution in [2.24, 2.45) is 0 Å². The minimum Gasteiger partial charge on any atom is -0.495 e. The maximum absolute atomic E-state index is 14.9. The number of carbonyl (C=O) groups is 1. The number of nitrogens with zero attached hydrogens (tertiary/aromatic N) is 2. The van der Waals surface area contributed by atoms with Gasteiger partial charge in [0.1, 0.15) is 17.4 Å². The molecule has 1 aromatic heterocycles. The first kappa shape index (κ1) is 29.4. The molecule has 8 nitrogen and oxygen atoms in total. The van der Waals surface area contributed by atoms with Gasteiger partial charge in [-0.2, -0.15) is 0 Å². The number of hydrogen-bond acceptors (Lipinski definition) is 6. The third-order valence-corrected chi connectivity index (χ3v) is 8.87. The maximum Gasteiger partial charge on any atom is 0.418 e. The van der Waals surface area contributed by atoms with Crippen LogP contribution in [-0.4, -0.2) is 36.3 Å². The molecule has 1 heterocycles. The van der Waals surface area contributed by atoms with Crippen molar-refractivity contribution >= 4 is 39.5 Å². The van der Waals surface area contributed by atoms with Crippen LogP contribution in [-0.2, 0) is 21.2 Å². The summed E-state index contributed by atoms with van der Waals surface area (Å²) in [5.41, 5.74) is 1.82. The number of halogens is 3. The number of benzene rings is 3. The van der Waals surface area contributed by atoms with Gasteiger partial charge in [-0.3, -0.25) is 4.57 Å².